The molecule has 0 fully saturated rings. The SMILES string of the molecule is CC(=O)c1cc(Cl)cc(CN(C)CCCCCO)c1O. The second kappa shape index (κ2) is 8.25. The number of hydrogen-bond donors (Lipinski definition) is 2. The monoisotopic (exact) mass is 299 g/mol. The number of phenolic OH excluding ortho intramolecular Hbond substituents is 1. The first kappa shape index (κ1) is 17.0. The fraction of sp³-hybridized carbons (Fsp3) is 0.533. The molecule has 0 bridgehead atoms. The van der Waals surface area contributed by atoms with Crippen molar-refractivity contribution in [2.75, 3.05) is 20.2 Å². The Bertz CT molecular complexity index is 463. The zero-order valence-corrected chi connectivity index (χ0v) is 12.8. The lowest BCUT2D eigenvalue weighted by Crippen LogP contribution is -2.19. The van der Waals surface area contributed by atoms with Crippen LogP contribution in [0, 0.1) is 0 Å². The molecule has 5 heteroatoms. The number of phenols is 1. The zero-order chi connectivity index (χ0) is 15.1. The Hall–Kier alpha value is -1.10. The minimum atomic E-state index is -0.197. The highest BCUT2D eigenvalue weighted by Crippen LogP contribution is 2.28. The molecular formula is C15H22ClNO3. The Morgan fingerprint density at radius 1 is 1.30 bits per heavy atom. The Kier molecular flexibility index (Phi) is 6.99. The predicted octanol–water partition coefficient (Wildman–Crippen LogP) is 2.84. The van der Waals surface area contributed by atoms with Gasteiger partial charge in [0.25, 0.3) is 0 Å². The zero-order valence-electron chi connectivity index (χ0n) is 12.0. The van der Waals surface area contributed by atoms with E-state index in [1.807, 2.05) is 7.05 Å². The minimum Gasteiger partial charge on any atom is -0.507 e. The Labute approximate surface area is 125 Å². The molecular weight excluding hydrogens is 278 g/mol. The number of aromatic hydroxyl groups is 1. The van der Waals surface area contributed by atoms with Crippen molar-refractivity contribution in [3.05, 3.63) is 28.3 Å². The molecule has 1 aromatic carbocycles. The Balaban J connectivity index is 2.69. The summed E-state index contributed by atoms with van der Waals surface area (Å²) in [7, 11) is 1.95. The molecule has 0 aliphatic heterocycles. The van der Waals surface area contributed by atoms with Crippen LogP contribution in [0.2, 0.25) is 5.02 Å². The van der Waals surface area contributed by atoms with Gasteiger partial charge in [-0.25, -0.2) is 0 Å². The van der Waals surface area contributed by atoms with E-state index in [1.165, 1.54) is 13.0 Å². The summed E-state index contributed by atoms with van der Waals surface area (Å²) in [4.78, 5) is 13.5. The minimum absolute atomic E-state index is 0.0177. The smallest absolute Gasteiger partial charge is 0.163 e. The van der Waals surface area contributed by atoms with E-state index >= 15 is 0 Å². The van der Waals surface area contributed by atoms with Crippen LogP contribution in [0.4, 0.5) is 0 Å². The summed E-state index contributed by atoms with van der Waals surface area (Å²) in [6.45, 7) is 3.03. The van der Waals surface area contributed by atoms with E-state index in [2.05, 4.69) is 4.90 Å². The van der Waals surface area contributed by atoms with E-state index in [0.29, 0.717) is 17.1 Å². The topological polar surface area (TPSA) is 60.8 Å². The lowest BCUT2D eigenvalue weighted by molar-refractivity contribution is 0.101. The van der Waals surface area contributed by atoms with Crippen molar-refractivity contribution < 1.29 is 15.0 Å². The van der Waals surface area contributed by atoms with Crippen LogP contribution < -0.4 is 0 Å². The molecule has 112 valence electrons. The van der Waals surface area contributed by atoms with Crippen LogP contribution in [0.1, 0.15) is 42.1 Å². The van der Waals surface area contributed by atoms with Gasteiger partial charge in [0.1, 0.15) is 5.75 Å². The molecule has 1 aromatic rings. The summed E-state index contributed by atoms with van der Waals surface area (Å²) < 4.78 is 0. The number of unbranched alkanes of at least 4 members (excludes halogenated alkanes) is 2. The summed E-state index contributed by atoms with van der Waals surface area (Å²) in [5.74, 6) is -0.180. The van der Waals surface area contributed by atoms with Crippen LogP contribution in [-0.2, 0) is 6.54 Å². The summed E-state index contributed by atoms with van der Waals surface area (Å²) in [6, 6.07) is 3.18. The average Bonchev–Trinajstić information content (AvgIpc) is 2.38. The number of carbonyl (C=O) groups excluding carboxylic acids is 1. The van der Waals surface area contributed by atoms with E-state index < -0.39 is 0 Å². The summed E-state index contributed by atoms with van der Waals surface area (Å²) in [5.41, 5.74) is 0.925. The van der Waals surface area contributed by atoms with E-state index in [-0.39, 0.29) is 23.7 Å². The van der Waals surface area contributed by atoms with E-state index in [9.17, 15) is 9.90 Å². The number of halogens is 1. The first-order valence-corrected chi connectivity index (χ1v) is 7.15. The molecule has 0 aliphatic carbocycles. The second-order valence-corrected chi connectivity index (χ2v) is 5.48. The van der Waals surface area contributed by atoms with E-state index in [1.54, 1.807) is 6.07 Å². The number of nitrogens with zero attached hydrogens (tertiary/aromatic N) is 1. The molecule has 0 aliphatic rings. The van der Waals surface area contributed by atoms with E-state index in [0.717, 1.165) is 25.8 Å². The number of hydrogen-bond acceptors (Lipinski definition) is 4. The molecule has 0 aromatic heterocycles. The summed E-state index contributed by atoms with van der Waals surface area (Å²) in [5, 5.41) is 19.3. The summed E-state index contributed by atoms with van der Waals surface area (Å²) >= 11 is 5.99. The number of rotatable bonds is 8. The molecule has 0 spiro atoms. The molecule has 20 heavy (non-hydrogen) atoms. The molecule has 0 amide bonds. The van der Waals surface area contributed by atoms with Crippen molar-refractivity contribution in [2.24, 2.45) is 0 Å². The van der Waals surface area contributed by atoms with Crippen LogP contribution in [0.25, 0.3) is 0 Å². The molecule has 0 saturated carbocycles. The van der Waals surface area contributed by atoms with Gasteiger partial charge in [-0.15, -0.1) is 0 Å². The number of benzene rings is 1. The Morgan fingerprint density at radius 3 is 2.60 bits per heavy atom. The van der Waals surface area contributed by atoms with Gasteiger partial charge in [-0.1, -0.05) is 11.6 Å². The van der Waals surface area contributed by atoms with Gasteiger partial charge in [0.05, 0.1) is 5.56 Å². The largest absolute Gasteiger partial charge is 0.507 e. The first-order valence-electron chi connectivity index (χ1n) is 6.77. The van der Waals surface area contributed by atoms with Crippen molar-refractivity contribution in [3.8, 4) is 5.75 Å². The van der Waals surface area contributed by atoms with Crippen molar-refractivity contribution in [3.63, 3.8) is 0 Å². The lowest BCUT2D eigenvalue weighted by Gasteiger charge is -2.18. The van der Waals surface area contributed by atoms with Gasteiger partial charge < -0.3 is 15.1 Å². The Morgan fingerprint density at radius 2 is 2.00 bits per heavy atom. The van der Waals surface area contributed by atoms with Gasteiger partial charge in [-0.3, -0.25) is 4.79 Å². The maximum atomic E-state index is 11.4. The molecule has 4 nitrogen and oxygen atoms in total. The van der Waals surface area contributed by atoms with Crippen LogP contribution in [0.3, 0.4) is 0 Å². The summed E-state index contributed by atoms with van der Waals surface area (Å²) in [6.07, 6.45) is 2.77. The molecule has 0 saturated heterocycles. The second-order valence-electron chi connectivity index (χ2n) is 5.04. The third-order valence-electron chi connectivity index (χ3n) is 3.17. The van der Waals surface area contributed by atoms with Gasteiger partial charge >= 0.3 is 0 Å². The number of aliphatic hydroxyl groups excluding tert-OH is 1. The highest BCUT2D eigenvalue weighted by molar-refractivity contribution is 6.31. The highest BCUT2D eigenvalue weighted by Gasteiger charge is 2.14. The average molecular weight is 300 g/mol. The molecule has 0 radical (unpaired) electrons. The van der Waals surface area contributed by atoms with Crippen molar-refractivity contribution in [2.45, 2.75) is 32.7 Å². The van der Waals surface area contributed by atoms with Gasteiger partial charge in [0.2, 0.25) is 0 Å². The number of carbonyl (C=O) groups is 1. The van der Waals surface area contributed by atoms with Gasteiger partial charge in [-0.2, -0.15) is 0 Å². The fourth-order valence-corrected chi connectivity index (χ4v) is 2.33. The van der Waals surface area contributed by atoms with Crippen molar-refractivity contribution in [1.29, 1.82) is 0 Å². The fourth-order valence-electron chi connectivity index (χ4n) is 2.08. The molecule has 0 atom stereocenters. The van der Waals surface area contributed by atoms with Gasteiger partial charge in [0, 0.05) is 23.7 Å². The van der Waals surface area contributed by atoms with Crippen molar-refractivity contribution in [1.82, 2.24) is 4.90 Å². The first-order chi connectivity index (χ1) is 9.45. The van der Waals surface area contributed by atoms with Crippen LogP contribution in [-0.4, -0.2) is 41.1 Å². The predicted molar refractivity (Wildman–Crippen MR) is 80.4 cm³/mol. The standard InChI is InChI=1S/C15H22ClNO3/c1-11(19)14-9-13(16)8-12(15(14)20)10-17(2)6-4-3-5-7-18/h8-9,18,20H,3-7,10H2,1-2H3. The van der Waals surface area contributed by atoms with Crippen LogP contribution in [0.5, 0.6) is 5.75 Å². The lowest BCUT2D eigenvalue weighted by atomic mass is 10.1. The highest BCUT2D eigenvalue weighted by atomic mass is 35.5. The number of Topliss-reactive ketones (excluding diaryl/α,β-unsaturated/α-hetero) is 1. The maximum absolute atomic E-state index is 11.4. The third kappa shape index (κ3) is 5.12. The maximum Gasteiger partial charge on any atom is 0.163 e. The molecule has 2 N–H and O–H groups in total. The quantitative estimate of drug-likeness (QED) is 0.572. The van der Waals surface area contributed by atoms with Gasteiger partial charge in [-0.05, 0) is 51.9 Å². The number of ketones is 1. The molecule has 0 unspecified atom stereocenters. The normalized spacial score (nSPS) is 11.1. The molecule has 1 rings (SSSR count). The van der Waals surface area contributed by atoms with E-state index in [4.69, 9.17) is 16.7 Å². The van der Waals surface area contributed by atoms with Crippen LogP contribution >= 0.6 is 11.6 Å². The third-order valence-corrected chi connectivity index (χ3v) is 3.39. The molecule has 0 heterocycles. The van der Waals surface area contributed by atoms with Gasteiger partial charge in [0.15, 0.2) is 5.78 Å². The number of aliphatic hydroxyl groups is 1. The van der Waals surface area contributed by atoms with Crippen molar-refractivity contribution >= 4 is 17.4 Å². The van der Waals surface area contributed by atoms with Crippen LogP contribution in [0.15, 0.2) is 12.1 Å².